The Labute approximate surface area is 130 Å². The van der Waals surface area contributed by atoms with Crippen LogP contribution < -0.4 is 10.6 Å². The molecule has 1 aromatic carbocycles. The highest BCUT2D eigenvalue weighted by Gasteiger charge is 2.29. The molecule has 22 heavy (non-hydrogen) atoms. The van der Waals surface area contributed by atoms with Gasteiger partial charge in [-0.05, 0) is 19.4 Å². The van der Waals surface area contributed by atoms with E-state index in [9.17, 15) is 14.4 Å². The number of carbonyl (C=O) groups is 3. The molecule has 0 bridgehead atoms. The number of benzene rings is 1. The highest BCUT2D eigenvalue weighted by Crippen LogP contribution is 2.12. The van der Waals surface area contributed by atoms with Crippen LogP contribution in [-0.4, -0.2) is 29.9 Å². The van der Waals surface area contributed by atoms with Crippen LogP contribution in [0.2, 0.25) is 0 Å². The fourth-order valence-corrected chi connectivity index (χ4v) is 2.07. The molecule has 0 aromatic heterocycles. The second-order valence-corrected chi connectivity index (χ2v) is 5.13. The van der Waals surface area contributed by atoms with Crippen LogP contribution in [0.5, 0.6) is 0 Å². The molecule has 0 spiro atoms. The maximum absolute atomic E-state index is 12.4. The molecule has 2 N–H and O–H groups in total. The van der Waals surface area contributed by atoms with Gasteiger partial charge in [0.05, 0.1) is 6.04 Å². The molecule has 0 saturated heterocycles. The number of esters is 1. The van der Waals surface area contributed by atoms with Crippen LogP contribution in [0, 0.1) is 0 Å². The lowest BCUT2D eigenvalue weighted by Crippen LogP contribution is -2.53. The maximum Gasteiger partial charge on any atom is 0.302 e. The van der Waals surface area contributed by atoms with E-state index in [0.717, 1.165) is 5.56 Å². The summed E-state index contributed by atoms with van der Waals surface area (Å²) in [5.41, 5.74) is 0.942. The van der Waals surface area contributed by atoms with Crippen molar-refractivity contribution < 1.29 is 19.1 Å². The summed E-state index contributed by atoms with van der Waals surface area (Å²) in [5, 5.41) is 5.32. The highest BCUT2D eigenvalue weighted by atomic mass is 16.5. The summed E-state index contributed by atoms with van der Waals surface area (Å²) >= 11 is 0. The average Bonchev–Trinajstić information content (AvgIpc) is 2.44. The van der Waals surface area contributed by atoms with Crippen molar-refractivity contribution >= 4 is 17.8 Å². The molecule has 0 fully saturated rings. The van der Waals surface area contributed by atoms with E-state index in [4.69, 9.17) is 4.74 Å². The Hall–Kier alpha value is -2.37. The lowest BCUT2D eigenvalue weighted by molar-refractivity contribution is -0.149. The minimum absolute atomic E-state index is 0.227. The van der Waals surface area contributed by atoms with E-state index in [1.165, 1.54) is 13.8 Å². The van der Waals surface area contributed by atoms with Gasteiger partial charge in [0.15, 0.2) is 0 Å². The van der Waals surface area contributed by atoms with Crippen LogP contribution in [0.15, 0.2) is 30.3 Å². The zero-order valence-electron chi connectivity index (χ0n) is 13.3. The van der Waals surface area contributed by atoms with Crippen LogP contribution in [0.4, 0.5) is 0 Å². The van der Waals surface area contributed by atoms with Crippen LogP contribution in [-0.2, 0) is 19.1 Å². The van der Waals surface area contributed by atoms with E-state index in [1.807, 2.05) is 37.3 Å². The first kappa shape index (κ1) is 17.7. The van der Waals surface area contributed by atoms with E-state index < -0.39 is 24.0 Å². The quantitative estimate of drug-likeness (QED) is 0.776. The van der Waals surface area contributed by atoms with Gasteiger partial charge < -0.3 is 15.4 Å². The topological polar surface area (TPSA) is 84.5 Å². The molecule has 1 rings (SSSR count). The number of hydrogen-bond acceptors (Lipinski definition) is 4. The van der Waals surface area contributed by atoms with E-state index in [0.29, 0.717) is 0 Å². The summed E-state index contributed by atoms with van der Waals surface area (Å²) in [7, 11) is 0. The predicted molar refractivity (Wildman–Crippen MR) is 81.8 cm³/mol. The summed E-state index contributed by atoms with van der Waals surface area (Å²) in [6, 6.07) is 8.28. The van der Waals surface area contributed by atoms with E-state index in [1.54, 1.807) is 6.92 Å². The fraction of sp³-hybridized carbons (Fsp3) is 0.438. The standard InChI is InChI=1S/C16H22N2O4/c1-10(14-8-6-5-7-9-14)17-16(21)15(18-12(3)19)11(2)22-13(4)20/h5-11,15H,1-4H3,(H,17,21)(H,18,19)/t10-,11-,15+/m0/s1. The van der Waals surface area contributed by atoms with Crippen LogP contribution in [0.1, 0.15) is 39.3 Å². The smallest absolute Gasteiger partial charge is 0.302 e. The minimum atomic E-state index is -0.937. The number of carbonyl (C=O) groups excluding carboxylic acids is 3. The van der Waals surface area contributed by atoms with Gasteiger partial charge in [0.25, 0.3) is 0 Å². The monoisotopic (exact) mass is 306 g/mol. The Balaban J connectivity index is 2.78. The molecule has 3 atom stereocenters. The molecule has 0 heterocycles. The van der Waals surface area contributed by atoms with Crippen molar-refractivity contribution in [2.24, 2.45) is 0 Å². The van der Waals surface area contributed by atoms with Crippen LogP contribution in [0.3, 0.4) is 0 Å². The summed E-state index contributed by atoms with van der Waals surface area (Å²) in [6.07, 6.45) is -0.760. The molecule has 0 radical (unpaired) electrons. The van der Waals surface area contributed by atoms with Gasteiger partial charge in [-0.25, -0.2) is 0 Å². The van der Waals surface area contributed by atoms with E-state index >= 15 is 0 Å². The molecule has 0 aliphatic rings. The molecule has 0 aliphatic carbocycles. The third-order valence-corrected chi connectivity index (χ3v) is 3.12. The molecule has 1 aromatic rings. The van der Waals surface area contributed by atoms with Crippen molar-refractivity contribution in [1.82, 2.24) is 10.6 Å². The van der Waals surface area contributed by atoms with Gasteiger partial charge in [-0.3, -0.25) is 14.4 Å². The lowest BCUT2D eigenvalue weighted by Gasteiger charge is -2.25. The number of amides is 2. The fourth-order valence-electron chi connectivity index (χ4n) is 2.07. The van der Waals surface area contributed by atoms with Gasteiger partial charge in [-0.1, -0.05) is 30.3 Å². The van der Waals surface area contributed by atoms with Gasteiger partial charge in [0, 0.05) is 13.8 Å². The number of nitrogens with one attached hydrogen (secondary N) is 2. The number of ether oxygens (including phenoxy) is 1. The zero-order chi connectivity index (χ0) is 16.7. The Morgan fingerprint density at radius 1 is 1.00 bits per heavy atom. The SMILES string of the molecule is CC(=O)N[C@@H](C(=O)N[C@@H](C)c1ccccc1)[C@H](C)OC(C)=O. The average molecular weight is 306 g/mol. The van der Waals surface area contributed by atoms with Crippen molar-refractivity contribution in [1.29, 1.82) is 0 Å². The Morgan fingerprint density at radius 3 is 2.09 bits per heavy atom. The Bertz CT molecular complexity index is 530. The van der Waals surface area contributed by atoms with Gasteiger partial charge in [-0.2, -0.15) is 0 Å². The van der Waals surface area contributed by atoms with Crippen molar-refractivity contribution in [2.45, 2.75) is 45.9 Å². The van der Waals surface area contributed by atoms with Crippen molar-refractivity contribution in [2.75, 3.05) is 0 Å². The van der Waals surface area contributed by atoms with Gasteiger partial charge >= 0.3 is 5.97 Å². The minimum Gasteiger partial charge on any atom is -0.460 e. The third-order valence-electron chi connectivity index (χ3n) is 3.12. The van der Waals surface area contributed by atoms with Gasteiger partial charge in [0.1, 0.15) is 12.1 Å². The normalized spacial score (nSPS) is 14.4. The van der Waals surface area contributed by atoms with Crippen LogP contribution in [0.25, 0.3) is 0 Å². The molecular formula is C16H22N2O4. The van der Waals surface area contributed by atoms with E-state index in [-0.39, 0.29) is 11.9 Å². The molecule has 120 valence electrons. The lowest BCUT2D eigenvalue weighted by atomic mass is 10.1. The molecule has 6 heteroatoms. The first-order chi connectivity index (χ1) is 10.3. The van der Waals surface area contributed by atoms with Crippen LogP contribution >= 0.6 is 0 Å². The Morgan fingerprint density at radius 2 is 1.59 bits per heavy atom. The molecule has 0 aliphatic heterocycles. The Kier molecular flexibility index (Phi) is 6.56. The van der Waals surface area contributed by atoms with Gasteiger partial charge in [0.2, 0.25) is 11.8 Å². The molecule has 0 saturated carbocycles. The highest BCUT2D eigenvalue weighted by molar-refractivity contribution is 5.88. The van der Waals surface area contributed by atoms with Crippen molar-refractivity contribution in [3.05, 3.63) is 35.9 Å². The molecule has 2 amide bonds. The van der Waals surface area contributed by atoms with Crippen molar-refractivity contribution in [3.63, 3.8) is 0 Å². The first-order valence-corrected chi connectivity index (χ1v) is 7.11. The predicted octanol–water partition coefficient (Wildman–Crippen LogP) is 1.32. The number of rotatable bonds is 6. The first-order valence-electron chi connectivity index (χ1n) is 7.11. The second kappa shape index (κ2) is 8.17. The van der Waals surface area contributed by atoms with Crippen molar-refractivity contribution in [3.8, 4) is 0 Å². The molecule has 6 nitrogen and oxygen atoms in total. The van der Waals surface area contributed by atoms with Gasteiger partial charge in [-0.15, -0.1) is 0 Å². The molecule has 0 unspecified atom stereocenters. The summed E-state index contributed by atoms with van der Waals surface area (Å²) < 4.78 is 5.01. The van der Waals surface area contributed by atoms with E-state index in [2.05, 4.69) is 10.6 Å². The maximum atomic E-state index is 12.4. The zero-order valence-corrected chi connectivity index (χ0v) is 13.3. The third kappa shape index (κ3) is 5.55. The summed E-state index contributed by atoms with van der Waals surface area (Å²) in [4.78, 5) is 34.7. The number of hydrogen-bond donors (Lipinski definition) is 2. The molecular weight excluding hydrogens is 284 g/mol. The largest absolute Gasteiger partial charge is 0.460 e. The second-order valence-electron chi connectivity index (χ2n) is 5.13. The summed E-state index contributed by atoms with van der Waals surface area (Å²) in [6.45, 7) is 5.97. The summed E-state index contributed by atoms with van der Waals surface area (Å²) in [5.74, 6) is -1.28.